The highest BCUT2D eigenvalue weighted by molar-refractivity contribution is 5.21. The van der Waals surface area contributed by atoms with E-state index in [-0.39, 0.29) is 0 Å². The van der Waals surface area contributed by atoms with Gasteiger partial charge >= 0.3 is 0 Å². The summed E-state index contributed by atoms with van der Waals surface area (Å²) in [6.07, 6.45) is 7.79. The van der Waals surface area contributed by atoms with Gasteiger partial charge in [-0.1, -0.05) is 32.1 Å². The molecule has 12 heavy (non-hydrogen) atoms. The van der Waals surface area contributed by atoms with Crippen LogP contribution in [-0.4, -0.2) is 10.7 Å². The van der Waals surface area contributed by atoms with Gasteiger partial charge < -0.3 is 5.11 Å². The molecular weight excluding hydrogens is 148 g/mol. The van der Waals surface area contributed by atoms with Gasteiger partial charge in [0.2, 0.25) is 0 Å². The predicted molar refractivity (Wildman–Crippen MR) is 50.7 cm³/mol. The van der Waals surface area contributed by atoms with E-state index in [1.165, 1.54) is 25.7 Å². The van der Waals surface area contributed by atoms with E-state index in [2.05, 4.69) is 18.8 Å². The van der Waals surface area contributed by atoms with Crippen LogP contribution in [0.1, 0.15) is 51.9 Å². The van der Waals surface area contributed by atoms with Gasteiger partial charge in [0.05, 0.1) is 0 Å². The number of rotatable bonds is 4. The van der Waals surface area contributed by atoms with Crippen LogP contribution in [0.25, 0.3) is 0 Å². The Balaban J connectivity index is 1.96. The maximum Gasteiger partial charge on any atom is 0.125 e. The Hall–Kier alpha value is -0.480. The first-order valence-corrected chi connectivity index (χ1v) is 4.99. The van der Waals surface area contributed by atoms with Crippen molar-refractivity contribution >= 4 is 0 Å². The average Bonchev–Trinajstić information content (AvgIpc) is 2.77. The van der Waals surface area contributed by atoms with E-state index in [0.29, 0.717) is 0 Å². The average molecular weight is 166 g/mol. The van der Waals surface area contributed by atoms with Crippen LogP contribution in [0.5, 0.6) is 0 Å². The van der Waals surface area contributed by atoms with Gasteiger partial charge in [-0.15, -0.1) is 5.92 Å². The third kappa shape index (κ3) is 3.78. The third-order valence-corrected chi connectivity index (χ3v) is 2.20. The second kappa shape index (κ2) is 4.52. The lowest BCUT2D eigenvalue weighted by atomic mass is 10.1. The zero-order chi connectivity index (χ0) is 8.86. The second-order valence-corrected chi connectivity index (χ2v) is 3.64. The molecule has 0 aromatic rings. The molecule has 1 aliphatic carbocycles. The summed E-state index contributed by atoms with van der Waals surface area (Å²) in [7, 11) is 0. The zero-order valence-corrected chi connectivity index (χ0v) is 7.90. The number of hydrogen-bond acceptors (Lipinski definition) is 1. The van der Waals surface area contributed by atoms with Gasteiger partial charge in [-0.2, -0.15) is 0 Å². The zero-order valence-electron chi connectivity index (χ0n) is 7.90. The Bertz CT molecular complexity index is 181. The van der Waals surface area contributed by atoms with E-state index < -0.39 is 5.60 Å². The summed E-state index contributed by atoms with van der Waals surface area (Å²) in [4.78, 5) is 0. The molecule has 1 heteroatoms. The lowest BCUT2D eigenvalue weighted by Crippen LogP contribution is -2.00. The Morgan fingerprint density at radius 2 is 2.00 bits per heavy atom. The van der Waals surface area contributed by atoms with E-state index in [4.69, 9.17) is 0 Å². The van der Waals surface area contributed by atoms with Crippen molar-refractivity contribution in [3.05, 3.63) is 0 Å². The summed E-state index contributed by atoms with van der Waals surface area (Å²) in [5.74, 6) is 5.96. The van der Waals surface area contributed by atoms with Crippen molar-refractivity contribution < 1.29 is 5.11 Å². The molecule has 0 saturated heterocycles. The Morgan fingerprint density at radius 1 is 1.25 bits per heavy atom. The quantitative estimate of drug-likeness (QED) is 0.502. The SMILES string of the molecule is CCCCCCC#CC1(O)CC1. The standard InChI is InChI=1S/C11H18O/c1-2-3-4-5-6-7-8-11(12)9-10-11/h12H,2-6,9-10H2,1H3. The fourth-order valence-corrected chi connectivity index (χ4v) is 1.11. The molecule has 1 aliphatic rings. The normalized spacial score (nSPS) is 18.2. The van der Waals surface area contributed by atoms with Crippen LogP contribution in [0.3, 0.4) is 0 Å². The minimum absolute atomic E-state index is 0.565. The molecule has 1 fully saturated rings. The molecule has 0 spiro atoms. The molecule has 0 heterocycles. The van der Waals surface area contributed by atoms with Crippen molar-refractivity contribution in [1.29, 1.82) is 0 Å². The van der Waals surface area contributed by atoms with Gasteiger partial charge in [0.25, 0.3) is 0 Å². The van der Waals surface area contributed by atoms with Crippen LogP contribution >= 0.6 is 0 Å². The van der Waals surface area contributed by atoms with Crippen LogP contribution in [0.4, 0.5) is 0 Å². The minimum atomic E-state index is -0.565. The van der Waals surface area contributed by atoms with Crippen molar-refractivity contribution in [3.8, 4) is 11.8 Å². The van der Waals surface area contributed by atoms with Gasteiger partial charge in [-0.25, -0.2) is 0 Å². The summed E-state index contributed by atoms with van der Waals surface area (Å²) < 4.78 is 0. The van der Waals surface area contributed by atoms with E-state index in [1.54, 1.807) is 0 Å². The molecule has 0 atom stereocenters. The highest BCUT2D eigenvalue weighted by atomic mass is 16.3. The minimum Gasteiger partial charge on any atom is -0.378 e. The lowest BCUT2D eigenvalue weighted by Gasteiger charge is -1.94. The fraction of sp³-hybridized carbons (Fsp3) is 0.818. The van der Waals surface area contributed by atoms with Crippen molar-refractivity contribution in [2.45, 2.75) is 57.5 Å². The van der Waals surface area contributed by atoms with E-state index >= 15 is 0 Å². The van der Waals surface area contributed by atoms with Gasteiger partial charge in [0, 0.05) is 6.42 Å². The molecule has 1 rings (SSSR count). The number of hydrogen-bond donors (Lipinski definition) is 1. The molecule has 1 N–H and O–H groups in total. The van der Waals surface area contributed by atoms with Crippen LogP contribution in [0, 0.1) is 11.8 Å². The van der Waals surface area contributed by atoms with Crippen molar-refractivity contribution in [3.63, 3.8) is 0 Å². The molecule has 0 bridgehead atoms. The summed E-state index contributed by atoms with van der Waals surface area (Å²) >= 11 is 0. The Labute approximate surface area is 75.2 Å². The number of unbranched alkanes of at least 4 members (excludes halogenated alkanes) is 4. The fourth-order valence-electron chi connectivity index (χ4n) is 1.11. The summed E-state index contributed by atoms with van der Waals surface area (Å²) in [6, 6.07) is 0. The first-order chi connectivity index (χ1) is 5.77. The van der Waals surface area contributed by atoms with E-state index in [1.807, 2.05) is 0 Å². The molecule has 1 nitrogen and oxygen atoms in total. The highest BCUT2D eigenvalue weighted by Gasteiger charge is 2.38. The second-order valence-electron chi connectivity index (χ2n) is 3.64. The summed E-state index contributed by atoms with van der Waals surface area (Å²) in [5.41, 5.74) is -0.565. The monoisotopic (exact) mass is 166 g/mol. The van der Waals surface area contributed by atoms with Crippen LogP contribution in [0.2, 0.25) is 0 Å². The number of aliphatic hydroxyl groups is 1. The Kier molecular flexibility index (Phi) is 3.62. The molecule has 1 saturated carbocycles. The van der Waals surface area contributed by atoms with Crippen molar-refractivity contribution in [2.24, 2.45) is 0 Å². The topological polar surface area (TPSA) is 20.2 Å². The first kappa shape index (κ1) is 9.61. The maximum absolute atomic E-state index is 9.36. The largest absolute Gasteiger partial charge is 0.378 e. The van der Waals surface area contributed by atoms with Crippen LogP contribution < -0.4 is 0 Å². The molecule has 0 unspecified atom stereocenters. The molecule has 0 amide bonds. The molecule has 0 radical (unpaired) electrons. The summed E-state index contributed by atoms with van der Waals surface area (Å²) in [6.45, 7) is 2.21. The molecular formula is C11H18O. The van der Waals surface area contributed by atoms with Gasteiger partial charge in [-0.3, -0.25) is 0 Å². The van der Waals surface area contributed by atoms with Crippen molar-refractivity contribution in [1.82, 2.24) is 0 Å². The van der Waals surface area contributed by atoms with Crippen LogP contribution in [-0.2, 0) is 0 Å². The predicted octanol–water partition coefficient (Wildman–Crippen LogP) is 2.49. The van der Waals surface area contributed by atoms with Gasteiger partial charge in [0.15, 0.2) is 0 Å². The van der Waals surface area contributed by atoms with Crippen molar-refractivity contribution in [2.75, 3.05) is 0 Å². The Morgan fingerprint density at radius 3 is 2.58 bits per heavy atom. The van der Waals surface area contributed by atoms with E-state index in [0.717, 1.165) is 19.3 Å². The third-order valence-electron chi connectivity index (χ3n) is 2.20. The smallest absolute Gasteiger partial charge is 0.125 e. The maximum atomic E-state index is 9.36. The molecule has 68 valence electrons. The van der Waals surface area contributed by atoms with E-state index in [9.17, 15) is 5.11 Å². The van der Waals surface area contributed by atoms with Gasteiger partial charge in [-0.05, 0) is 19.3 Å². The van der Waals surface area contributed by atoms with Gasteiger partial charge in [0.1, 0.15) is 5.60 Å². The molecule has 0 aliphatic heterocycles. The lowest BCUT2D eigenvalue weighted by molar-refractivity contribution is 0.212. The molecule has 0 aromatic carbocycles. The summed E-state index contributed by atoms with van der Waals surface area (Å²) in [5, 5.41) is 9.36. The van der Waals surface area contributed by atoms with Crippen LogP contribution in [0.15, 0.2) is 0 Å². The molecule has 0 aromatic heterocycles. The first-order valence-electron chi connectivity index (χ1n) is 4.99. The highest BCUT2D eigenvalue weighted by Crippen LogP contribution is 2.33.